The number of hydroxylamine groups is 2. The molecule has 1 N–H and O–H groups in total. The molecule has 1 aliphatic rings. The zero-order valence-corrected chi connectivity index (χ0v) is 20.9. The summed E-state index contributed by atoms with van der Waals surface area (Å²) >= 11 is 0. The molecule has 1 saturated heterocycles. The fourth-order valence-electron chi connectivity index (χ4n) is 4.86. The fourth-order valence-corrected chi connectivity index (χ4v) is 4.86. The number of hydrogen-bond acceptors (Lipinski definition) is 5. The first-order valence-corrected chi connectivity index (χ1v) is 12.0. The largest absolute Gasteiger partial charge is 0.469 e. The minimum Gasteiger partial charge on any atom is -0.469 e. The van der Waals surface area contributed by atoms with Crippen molar-refractivity contribution in [1.82, 2.24) is 10.4 Å². The van der Waals surface area contributed by atoms with Crippen LogP contribution in [0.15, 0.2) is 30.3 Å². The van der Waals surface area contributed by atoms with Crippen LogP contribution in [0.4, 0.5) is 0 Å². The maximum atomic E-state index is 12.7. The quantitative estimate of drug-likeness (QED) is 0.501. The molecule has 1 fully saturated rings. The summed E-state index contributed by atoms with van der Waals surface area (Å²) in [5.41, 5.74) is 0.693. The highest BCUT2D eigenvalue weighted by molar-refractivity contribution is 5.77. The van der Waals surface area contributed by atoms with Gasteiger partial charge in [-0.3, -0.25) is 14.4 Å². The molecule has 1 amide bonds. The molecule has 0 saturated carbocycles. The first-order valence-electron chi connectivity index (χ1n) is 12.0. The van der Waals surface area contributed by atoms with Crippen LogP contribution < -0.4 is 5.32 Å². The van der Waals surface area contributed by atoms with Gasteiger partial charge in [0.2, 0.25) is 5.91 Å². The molecule has 0 radical (unpaired) electrons. The highest BCUT2D eigenvalue weighted by Crippen LogP contribution is 2.47. The van der Waals surface area contributed by atoms with Crippen molar-refractivity contribution in [3.63, 3.8) is 0 Å². The van der Waals surface area contributed by atoms with Crippen LogP contribution in [-0.2, 0) is 19.2 Å². The molecule has 0 aliphatic carbocycles. The van der Waals surface area contributed by atoms with Gasteiger partial charge in [-0.2, -0.15) is 5.06 Å². The summed E-state index contributed by atoms with van der Waals surface area (Å²) in [6, 6.07) is 10.3. The molecule has 1 aliphatic heterocycles. The van der Waals surface area contributed by atoms with Crippen molar-refractivity contribution in [3.8, 4) is 0 Å². The van der Waals surface area contributed by atoms with Crippen LogP contribution in [-0.4, -0.2) is 41.2 Å². The summed E-state index contributed by atoms with van der Waals surface area (Å²) < 4.78 is 4.67. The third-order valence-corrected chi connectivity index (χ3v) is 7.57. The molecule has 0 bridgehead atoms. The number of rotatable bonds is 10. The first-order chi connectivity index (χ1) is 15.1. The summed E-state index contributed by atoms with van der Waals surface area (Å²) in [4.78, 5) is 30.7. The van der Waals surface area contributed by atoms with Crippen LogP contribution in [0.3, 0.4) is 0 Å². The molecular formula is C26H42N2O4. The lowest BCUT2D eigenvalue weighted by Crippen LogP contribution is -2.70. The molecule has 5 unspecified atom stereocenters. The van der Waals surface area contributed by atoms with Gasteiger partial charge in [-0.15, -0.1) is 0 Å². The summed E-state index contributed by atoms with van der Waals surface area (Å²) in [5, 5.41) is 5.51. The molecule has 1 aromatic carbocycles. The lowest BCUT2D eigenvalue weighted by molar-refractivity contribution is -0.327. The number of benzene rings is 1. The number of amides is 1. The van der Waals surface area contributed by atoms with Crippen molar-refractivity contribution in [2.45, 2.75) is 103 Å². The van der Waals surface area contributed by atoms with Gasteiger partial charge in [0.05, 0.1) is 7.11 Å². The van der Waals surface area contributed by atoms with Gasteiger partial charge in [0.25, 0.3) is 0 Å². The summed E-state index contributed by atoms with van der Waals surface area (Å²) in [5.74, 6) is -0.0874. The van der Waals surface area contributed by atoms with Crippen molar-refractivity contribution in [2.24, 2.45) is 5.92 Å². The average molecular weight is 447 g/mol. The second-order valence-electron chi connectivity index (χ2n) is 9.61. The minimum absolute atomic E-state index is 0.00492. The average Bonchev–Trinajstić information content (AvgIpc) is 2.80. The van der Waals surface area contributed by atoms with E-state index in [1.807, 2.05) is 18.2 Å². The smallest absolute Gasteiger partial charge is 0.305 e. The fraction of sp³-hybridized carbons (Fsp3) is 0.692. The van der Waals surface area contributed by atoms with Crippen LogP contribution >= 0.6 is 0 Å². The molecule has 6 nitrogen and oxygen atoms in total. The Morgan fingerprint density at radius 3 is 2.38 bits per heavy atom. The van der Waals surface area contributed by atoms with E-state index in [1.54, 1.807) is 0 Å². The Morgan fingerprint density at radius 2 is 1.81 bits per heavy atom. The van der Waals surface area contributed by atoms with Gasteiger partial charge in [0, 0.05) is 30.0 Å². The Kier molecular flexibility index (Phi) is 9.28. The van der Waals surface area contributed by atoms with E-state index >= 15 is 0 Å². The zero-order valence-electron chi connectivity index (χ0n) is 20.9. The van der Waals surface area contributed by atoms with Crippen LogP contribution in [0.25, 0.3) is 0 Å². The van der Waals surface area contributed by atoms with E-state index in [1.165, 1.54) is 7.11 Å². The normalized spacial score (nSPS) is 29.3. The number of esters is 1. The Labute approximate surface area is 194 Å². The van der Waals surface area contributed by atoms with Crippen molar-refractivity contribution in [2.75, 3.05) is 7.11 Å². The number of nitrogens with one attached hydrogen (secondary N) is 1. The van der Waals surface area contributed by atoms with Gasteiger partial charge >= 0.3 is 5.97 Å². The van der Waals surface area contributed by atoms with E-state index in [2.05, 4.69) is 68.8 Å². The molecule has 1 heterocycles. The second kappa shape index (κ2) is 11.3. The molecular weight excluding hydrogens is 404 g/mol. The van der Waals surface area contributed by atoms with E-state index in [9.17, 15) is 9.59 Å². The number of hydrogen-bond donors (Lipinski definition) is 1. The Bertz CT molecular complexity index is 755. The standard InChI is InChI=1S/C26H42N2O4/c1-8-25(5)18-22(27-23(29)16-13-17-24(30)31-7)19(3)26(6,9-2)28(25)32-20(4)21-14-11-10-12-15-21/h10-12,14-15,19-20,22H,8-9,13,16-18H2,1-7H3,(H,27,29). The molecule has 0 aromatic heterocycles. The predicted molar refractivity (Wildman–Crippen MR) is 127 cm³/mol. The molecule has 2 rings (SSSR count). The molecule has 5 atom stereocenters. The Hall–Kier alpha value is -1.92. The number of carbonyl (C=O) groups excluding carboxylic acids is 2. The van der Waals surface area contributed by atoms with Gasteiger partial charge in [-0.05, 0) is 57.9 Å². The highest BCUT2D eigenvalue weighted by Gasteiger charge is 2.54. The first kappa shape index (κ1) is 26.3. The van der Waals surface area contributed by atoms with Crippen molar-refractivity contribution in [1.29, 1.82) is 0 Å². The summed E-state index contributed by atoms with van der Waals surface area (Å²) in [7, 11) is 1.37. The number of piperidine rings is 1. The SMILES string of the molecule is CCC1(C)CC(NC(=O)CCCC(=O)OC)C(C)C(C)(CC)N1OC(C)c1ccccc1. The Balaban J connectivity index is 2.18. The lowest BCUT2D eigenvalue weighted by Gasteiger charge is -2.60. The zero-order chi connectivity index (χ0) is 23.9. The van der Waals surface area contributed by atoms with Crippen LogP contribution in [0.2, 0.25) is 0 Å². The number of ether oxygens (including phenoxy) is 1. The molecule has 0 spiro atoms. The minimum atomic E-state index is -0.277. The highest BCUT2D eigenvalue weighted by atomic mass is 16.7. The second-order valence-corrected chi connectivity index (χ2v) is 9.61. The third-order valence-electron chi connectivity index (χ3n) is 7.57. The monoisotopic (exact) mass is 446 g/mol. The molecule has 180 valence electrons. The topological polar surface area (TPSA) is 67.9 Å². The van der Waals surface area contributed by atoms with Gasteiger partial charge < -0.3 is 10.1 Å². The van der Waals surface area contributed by atoms with Crippen LogP contribution in [0.5, 0.6) is 0 Å². The van der Waals surface area contributed by atoms with Crippen LogP contribution in [0.1, 0.15) is 91.7 Å². The number of carbonyl (C=O) groups is 2. The number of nitrogens with zero attached hydrogens (tertiary/aromatic N) is 1. The maximum Gasteiger partial charge on any atom is 0.305 e. The van der Waals surface area contributed by atoms with E-state index in [-0.39, 0.29) is 47.4 Å². The van der Waals surface area contributed by atoms with E-state index in [0.717, 1.165) is 24.8 Å². The Morgan fingerprint density at radius 1 is 1.16 bits per heavy atom. The predicted octanol–water partition coefficient (Wildman–Crippen LogP) is 5.19. The van der Waals surface area contributed by atoms with E-state index < -0.39 is 0 Å². The molecule has 6 heteroatoms. The van der Waals surface area contributed by atoms with Gasteiger partial charge in [0.15, 0.2) is 0 Å². The molecule has 1 aromatic rings. The van der Waals surface area contributed by atoms with Gasteiger partial charge in [-0.1, -0.05) is 51.1 Å². The van der Waals surface area contributed by atoms with Crippen molar-refractivity contribution >= 4 is 11.9 Å². The van der Waals surface area contributed by atoms with E-state index in [4.69, 9.17) is 4.84 Å². The summed E-state index contributed by atoms with van der Waals surface area (Å²) in [6.45, 7) is 13.2. The van der Waals surface area contributed by atoms with Crippen molar-refractivity contribution < 1.29 is 19.2 Å². The van der Waals surface area contributed by atoms with Gasteiger partial charge in [0.1, 0.15) is 6.10 Å². The van der Waals surface area contributed by atoms with E-state index in [0.29, 0.717) is 12.8 Å². The molecule has 32 heavy (non-hydrogen) atoms. The van der Waals surface area contributed by atoms with Crippen LogP contribution in [0, 0.1) is 5.92 Å². The number of methoxy groups -OCH3 is 1. The lowest BCUT2D eigenvalue weighted by atomic mass is 9.68. The van der Waals surface area contributed by atoms with Crippen molar-refractivity contribution in [3.05, 3.63) is 35.9 Å². The third kappa shape index (κ3) is 5.90. The van der Waals surface area contributed by atoms with Gasteiger partial charge in [-0.25, -0.2) is 0 Å². The maximum absolute atomic E-state index is 12.7. The summed E-state index contributed by atoms with van der Waals surface area (Å²) in [6.07, 6.45) is 3.65.